The number of aliphatic hydroxyl groups excluding tert-OH is 1. The van der Waals surface area contributed by atoms with Crippen LogP contribution in [-0.2, 0) is 6.61 Å². The summed E-state index contributed by atoms with van der Waals surface area (Å²) >= 11 is 3.42. The van der Waals surface area contributed by atoms with Crippen LogP contribution >= 0.6 is 15.9 Å². The Balaban J connectivity index is 2.88. The van der Waals surface area contributed by atoms with Gasteiger partial charge in [0.05, 0.1) is 6.61 Å². The SMILES string of the molecule is Cc1nccc2c(CO)c(Br)ccc12. The lowest BCUT2D eigenvalue weighted by Crippen LogP contribution is -1.91. The first-order valence-electron chi connectivity index (χ1n) is 4.37. The van der Waals surface area contributed by atoms with Gasteiger partial charge in [0.25, 0.3) is 0 Å². The number of halogens is 1. The van der Waals surface area contributed by atoms with Gasteiger partial charge in [0.1, 0.15) is 0 Å². The highest BCUT2D eigenvalue weighted by atomic mass is 79.9. The van der Waals surface area contributed by atoms with E-state index in [1.165, 1.54) is 0 Å². The lowest BCUT2D eigenvalue weighted by Gasteiger charge is -2.07. The summed E-state index contributed by atoms with van der Waals surface area (Å²) in [6.07, 6.45) is 1.77. The minimum absolute atomic E-state index is 0.0430. The van der Waals surface area contributed by atoms with Crippen LogP contribution < -0.4 is 0 Å². The molecule has 0 bridgehead atoms. The Morgan fingerprint density at radius 1 is 1.29 bits per heavy atom. The van der Waals surface area contributed by atoms with Crippen LogP contribution in [0.15, 0.2) is 28.9 Å². The summed E-state index contributed by atoms with van der Waals surface area (Å²) in [6, 6.07) is 5.89. The third-order valence-corrected chi connectivity index (χ3v) is 3.10. The molecule has 0 spiro atoms. The van der Waals surface area contributed by atoms with Gasteiger partial charge in [-0.2, -0.15) is 0 Å². The molecule has 1 aromatic carbocycles. The van der Waals surface area contributed by atoms with Crippen molar-refractivity contribution in [3.05, 3.63) is 40.1 Å². The van der Waals surface area contributed by atoms with Crippen molar-refractivity contribution in [2.75, 3.05) is 0 Å². The van der Waals surface area contributed by atoms with Crippen molar-refractivity contribution >= 4 is 26.7 Å². The maximum atomic E-state index is 9.26. The van der Waals surface area contributed by atoms with Gasteiger partial charge in [-0.15, -0.1) is 0 Å². The number of rotatable bonds is 1. The maximum absolute atomic E-state index is 9.26. The van der Waals surface area contributed by atoms with Gasteiger partial charge in [0.15, 0.2) is 0 Å². The van der Waals surface area contributed by atoms with Crippen molar-refractivity contribution in [1.29, 1.82) is 0 Å². The third kappa shape index (κ3) is 1.42. The number of hydrogen-bond donors (Lipinski definition) is 1. The zero-order valence-corrected chi connectivity index (χ0v) is 9.37. The molecule has 1 N–H and O–H groups in total. The maximum Gasteiger partial charge on any atom is 0.0698 e. The van der Waals surface area contributed by atoms with Crippen molar-refractivity contribution in [1.82, 2.24) is 4.98 Å². The van der Waals surface area contributed by atoms with Crippen LogP contribution in [0.3, 0.4) is 0 Å². The molecule has 0 aliphatic rings. The molecule has 0 fully saturated rings. The van der Waals surface area contributed by atoms with E-state index in [2.05, 4.69) is 20.9 Å². The smallest absolute Gasteiger partial charge is 0.0698 e. The molecule has 14 heavy (non-hydrogen) atoms. The van der Waals surface area contributed by atoms with E-state index < -0.39 is 0 Å². The molecule has 0 atom stereocenters. The number of nitrogens with zero attached hydrogens (tertiary/aromatic N) is 1. The van der Waals surface area contributed by atoms with Crippen molar-refractivity contribution in [3.63, 3.8) is 0 Å². The van der Waals surface area contributed by atoms with Crippen LogP contribution in [0.4, 0.5) is 0 Å². The molecule has 2 nitrogen and oxygen atoms in total. The minimum atomic E-state index is 0.0430. The van der Waals surface area contributed by atoms with E-state index in [1.807, 2.05) is 25.1 Å². The first-order chi connectivity index (χ1) is 6.74. The van der Waals surface area contributed by atoms with Gasteiger partial charge in [-0.3, -0.25) is 4.98 Å². The van der Waals surface area contributed by atoms with Crippen molar-refractivity contribution in [2.24, 2.45) is 0 Å². The second kappa shape index (κ2) is 3.67. The van der Waals surface area contributed by atoms with E-state index in [0.29, 0.717) is 0 Å². The second-order valence-corrected chi connectivity index (χ2v) is 4.03. The number of benzene rings is 1. The lowest BCUT2D eigenvalue weighted by molar-refractivity contribution is 0.282. The Morgan fingerprint density at radius 2 is 2.07 bits per heavy atom. The van der Waals surface area contributed by atoms with Crippen LogP contribution in [-0.4, -0.2) is 10.1 Å². The van der Waals surface area contributed by atoms with Gasteiger partial charge in [-0.1, -0.05) is 22.0 Å². The predicted octanol–water partition coefficient (Wildman–Crippen LogP) is 2.80. The van der Waals surface area contributed by atoms with Crippen LogP contribution in [0, 0.1) is 6.92 Å². The Morgan fingerprint density at radius 3 is 2.79 bits per heavy atom. The molecule has 2 aromatic rings. The zero-order valence-electron chi connectivity index (χ0n) is 7.79. The molecule has 3 heteroatoms. The molecule has 0 radical (unpaired) electrons. The molecule has 1 aromatic heterocycles. The standard InChI is InChI=1S/C11H10BrNO/c1-7-8-2-3-11(12)10(6-14)9(8)4-5-13-7/h2-5,14H,6H2,1H3. The number of aliphatic hydroxyl groups is 1. The number of aromatic nitrogens is 1. The summed E-state index contributed by atoms with van der Waals surface area (Å²) in [6.45, 7) is 2.01. The molecule has 0 aliphatic carbocycles. The Hall–Kier alpha value is -0.930. The number of fused-ring (bicyclic) bond motifs is 1. The van der Waals surface area contributed by atoms with Crippen LogP contribution in [0.2, 0.25) is 0 Å². The van der Waals surface area contributed by atoms with Crippen LogP contribution in [0.1, 0.15) is 11.3 Å². The number of aryl methyl sites for hydroxylation is 1. The highest BCUT2D eigenvalue weighted by Crippen LogP contribution is 2.27. The summed E-state index contributed by atoms with van der Waals surface area (Å²) in [5.41, 5.74) is 1.91. The van der Waals surface area contributed by atoms with Crippen LogP contribution in [0.25, 0.3) is 10.8 Å². The largest absolute Gasteiger partial charge is 0.392 e. The van der Waals surface area contributed by atoms with Gasteiger partial charge in [0, 0.05) is 21.7 Å². The average Bonchev–Trinajstić information content (AvgIpc) is 2.18. The minimum Gasteiger partial charge on any atom is -0.392 e. The van der Waals surface area contributed by atoms with E-state index >= 15 is 0 Å². The Kier molecular flexibility index (Phi) is 2.52. The summed E-state index contributed by atoms with van der Waals surface area (Å²) in [4.78, 5) is 4.22. The molecule has 0 aliphatic heterocycles. The first kappa shape index (κ1) is 9.62. The summed E-state index contributed by atoms with van der Waals surface area (Å²) in [5.74, 6) is 0. The van der Waals surface area contributed by atoms with Crippen molar-refractivity contribution < 1.29 is 5.11 Å². The van der Waals surface area contributed by atoms with Gasteiger partial charge >= 0.3 is 0 Å². The fraction of sp³-hybridized carbons (Fsp3) is 0.182. The van der Waals surface area contributed by atoms with Gasteiger partial charge in [-0.05, 0) is 30.0 Å². The fourth-order valence-corrected chi connectivity index (χ4v) is 2.07. The Bertz CT molecular complexity index is 482. The highest BCUT2D eigenvalue weighted by molar-refractivity contribution is 9.10. The molecular weight excluding hydrogens is 242 g/mol. The topological polar surface area (TPSA) is 33.1 Å². The van der Waals surface area contributed by atoms with E-state index in [1.54, 1.807) is 6.20 Å². The van der Waals surface area contributed by atoms with Crippen molar-refractivity contribution in [2.45, 2.75) is 13.5 Å². The second-order valence-electron chi connectivity index (χ2n) is 3.18. The number of hydrogen-bond acceptors (Lipinski definition) is 2. The third-order valence-electron chi connectivity index (χ3n) is 2.36. The van der Waals surface area contributed by atoms with E-state index in [4.69, 9.17) is 0 Å². The van der Waals surface area contributed by atoms with E-state index in [0.717, 1.165) is 26.5 Å². The van der Waals surface area contributed by atoms with E-state index in [-0.39, 0.29) is 6.61 Å². The van der Waals surface area contributed by atoms with Crippen molar-refractivity contribution in [3.8, 4) is 0 Å². The normalized spacial score (nSPS) is 10.8. The first-order valence-corrected chi connectivity index (χ1v) is 5.17. The van der Waals surface area contributed by atoms with Gasteiger partial charge < -0.3 is 5.11 Å². The van der Waals surface area contributed by atoms with Gasteiger partial charge in [0.2, 0.25) is 0 Å². The predicted molar refractivity (Wildman–Crippen MR) is 60.1 cm³/mol. The monoisotopic (exact) mass is 251 g/mol. The summed E-state index contributed by atoms with van der Waals surface area (Å²) in [7, 11) is 0. The molecule has 1 heterocycles. The highest BCUT2D eigenvalue weighted by Gasteiger charge is 2.06. The van der Waals surface area contributed by atoms with Crippen LogP contribution in [0.5, 0.6) is 0 Å². The summed E-state index contributed by atoms with van der Waals surface area (Å²) < 4.78 is 0.943. The summed E-state index contributed by atoms with van der Waals surface area (Å²) in [5, 5.41) is 11.4. The molecule has 0 saturated carbocycles. The molecule has 0 saturated heterocycles. The molecular formula is C11H10BrNO. The lowest BCUT2D eigenvalue weighted by atomic mass is 10.1. The average molecular weight is 252 g/mol. The Labute approximate surface area is 90.7 Å². The zero-order chi connectivity index (χ0) is 10.1. The number of pyridine rings is 1. The molecule has 72 valence electrons. The quantitative estimate of drug-likeness (QED) is 0.846. The van der Waals surface area contributed by atoms with Gasteiger partial charge in [-0.25, -0.2) is 0 Å². The molecule has 2 rings (SSSR count). The molecule has 0 amide bonds. The van der Waals surface area contributed by atoms with E-state index in [9.17, 15) is 5.11 Å². The molecule has 0 unspecified atom stereocenters. The fourth-order valence-electron chi connectivity index (χ4n) is 1.60.